The van der Waals surface area contributed by atoms with Crippen LogP contribution >= 0.6 is 15.9 Å². The van der Waals surface area contributed by atoms with E-state index in [-0.39, 0.29) is 4.47 Å². The van der Waals surface area contributed by atoms with Gasteiger partial charge in [0.2, 0.25) is 0 Å². The molecule has 1 aromatic heterocycles. The van der Waals surface area contributed by atoms with Crippen molar-refractivity contribution in [1.29, 1.82) is 0 Å². The summed E-state index contributed by atoms with van der Waals surface area (Å²) in [5.74, 6) is -2.43. The molecule has 18 heavy (non-hydrogen) atoms. The van der Waals surface area contributed by atoms with Gasteiger partial charge in [0.05, 0.1) is 6.20 Å². The van der Waals surface area contributed by atoms with Crippen LogP contribution in [-0.2, 0) is 0 Å². The molecule has 94 valence electrons. The summed E-state index contributed by atoms with van der Waals surface area (Å²) in [4.78, 5) is 11.8. The van der Waals surface area contributed by atoms with Gasteiger partial charge in [-0.1, -0.05) is 15.9 Å². The van der Waals surface area contributed by atoms with Crippen molar-refractivity contribution in [2.24, 2.45) is 0 Å². The number of aromatic nitrogens is 2. The summed E-state index contributed by atoms with van der Waals surface area (Å²) in [6.45, 7) is 1.70. The van der Waals surface area contributed by atoms with Crippen LogP contribution in [0.25, 0.3) is 0 Å². The monoisotopic (exact) mass is 315 g/mol. The topological polar surface area (TPSA) is 57.8 Å². The van der Waals surface area contributed by atoms with E-state index in [0.717, 1.165) is 12.1 Å². The molecule has 1 heterocycles. The van der Waals surface area contributed by atoms with E-state index in [9.17, 15) is 13.6 Å². The lowest BCUT2D eigenvalue weighted by atomic mass is 10.2. The maximum Gasteiger partial charge on any atom is 0.262 e. The third-order valence-corrected chi connectivity index (χ3v) is 2.76. The maximum atomic E-state index is 13.5. The lowest BCUT2D eigenvalue weighted by molar-refractivity contribution is 0.101. The zero-order chi connectivity index (χ0) is 13.3. The highest BCUT2D eigenvalue weighted by molar-refractivity contribution is 9.10. The predicted octanol–water partition coefficient (Wildman–Crippen LogP) is 3.01. The molecule has 0 bridgehead atoms. The first-order valence-corrected chi connectivity index (χ1v) is 5.74. The molecule has 0 aliphatic rings. The van der Waals surface area contributed by atoms with E-state index in [1.807, 2.05) is 0 Å². The highest BCUT2D eigenvalue weighted by Gasteiger charge is 2.19. The van der Waals surface area contributed by atoms with Gasteiger partial charge in [-0.3, -0.25) is 9.89 Å². The second-order valence-electron chi connectivity index (χ2n) is 3.63. The van der Waals surface area contributed by atoms with Gasteiger partial charge in [-0.05, 0) is 19.1 Å². The molecule has 2 N–H and O–H groups in total. The summed E-state index contributed by atoms with van der Waals surface area (Å²) < 4.78 is 27.3. The Morgan fingerprint density at radius 1 is 1.39 bits per heavy atom. The quantitative estimate of drug-likeness (QED) is 0.895. The number of nitrogens with one attached hydrogen (secondary N) is 2. The van der Waals surface area contributed by atoms with Gasteiger partial charge in [0.25, 0.3) is 5.91 Å². The molecule has 1 amide bonds. The molecule has 0 radical (unpaired) electrons. The molecular formula is C11H8BrF2N3O. The molecule has 2 rings (SSSR count). The molecule has 0 aliphatic heterocycles. The molecule has 7 heteroatoms. The summed E-state index contributed by atoms with van der Waals surface area (Å²) in [6, 6.07) is 2.05. The van der Waals surface area contributed by atoms with Gasteiger partial charge in [0, 0.05) is 10.0 Å². The second-order valence-corrected chi connectivity index (χ2v) is 4.54. The van der Waals surface area contributed by atoms with Gasteiger partial charge in [-0.25, -0.2) is 8.78 Å². The van der Waals surface area contributed by atoms with Gasteiger partial charge < -0.3 is 5.32 Å². The van der Waals surface area contributed by atoms with Crippen molar-refractivity contribution in [3.63, 3.8) is 0 Å². The summed E-state index contributed by atoms with van der Waals surface area (Å²) in [5, 5.41) is 8.57. The molecule has 0 saturated heterocycles. The first kappa shape index (κ1) is 12.7. The molecule has 2 aromatic rings. The minimum absolute atomic E-state index is 0.228. The minimum Gasteiger partial charge on any atom is -0.307 e. The number of rotatable bonds is 2. The van der Waals surface area contributed by atoms with E-state index in [1.165, 1.54) is 6.20 Å². The Balaban J connectivity index is 2.33. The van der Waals surface area contributed by atoms with Crippen LogP contribution in [0.5, 0.6) is 0 Å². The third-order valence-electron chi connectivity index (χ3n) is 2.30. The number of hydrogen-bond donors (Lipinski definition) is 2. The van der Waals surface area contributed by atoms with E-state index in [0.29, 0.717) is 11.4 Å². The Morgan fingerprint density at radius 3 is 2.50 bits per heavy atom. The highest BCUT2D eigenvalue weighted by atomic mass is 79.9. The summed E-state index contributed by atoms with van der Waals surface area (Å²) in [6.07, 6.45) is 1.49. The number of carbonyl (C=O) groups is 1. The fraction of sp³-hybridized carbons (Fsp3) is 0.0909. The van der Waals surface area contributed by atoms with Crippen molar-refractivity contribution in [3.05, 3.63) is 45.6 Å². The molecule has 4 nitrogen and oxygen atoms in total. The largest absolute Gasteiger partial charge is 0.307 e. The highest BCUT2D eigenvalue weighted by Crippen LogP contribution is 2.20. The van der Waals surface area contributed by atoms with Gasteiger partial charge in [0.15, 0.2) is 0 Å². The first-order chi connectivity index (χ1) is 8.49. The molecule has 0 aliphatic carbocycles. The lowest BCUT2D eigenvalue weighted by Crippen LogP contribution is -2.16. The van der Waals surface area contributed by atoms with Crippen LogP contribution in [0.3, 0.4) is 0 Å². The maximum absolute atomic E-state index is 13.5. The van der Waals surface area contributed by atoms with E-state index in [2.05, 4.69) is 31.4 Å². The Bertz CT molecular complexity index is 589. The normalized spacial score (nSPS) is 10.4. The molecule has 0 unspecified atom stereocenters. The molecular weight excluding hydrogens is 308 g/mol. The van der Waals surface area contributed by atoms with Crippen LogP contribution in [0, 0.1) is 18.6 Å². The van der Waals surface area contributed by atoms with Gasteiger partial charge in [-0.15, -0.1) is 0 Å². The van der Waals surface area contributed by atoms with Crippen molar-refractivity contribution in [1.82, 2.24) is 10.2 Å². The van der Waals surface area contributed by atoms with Crippen LogP contribution in [0.2, 0.25) is 0 Å². The van der Waals surface area contributed by atoms with Crippen LogP contribution in [0.1, 0.15) is 15.9 Å². The number of aromatic amines is 1. The van der Waals surface area contributed by atoms with Crippen molar-refractivity contribution in [3.8, 4) is 0 Å². The number of aryl methyl sites for hydroxylation is 1. The number of benzene rings is 1. The average molecular weight is 316 g/mol. The summed E-state index contributed by atoms with van der Waals surface area (Å²) in [7, 11) is 0. The number of carbonyl (C=O) groups excluding carboxylic acids is 1. The third kappa shape index (κ3) is 2.40. The Labute approximate surface area is 110 Å². The SMILES string of the molecule is Cc1cn[nH]c1NC(=O)c1c(F)cc(Br)cc1F. The fourth-order valence-corrected chi connectivity index (χ4v) is 1.81. The van der Waals surface area contributed by atoms with Crippen LogP contribution < -0.4 is 5.32 Å². The first-order valence-electron chi connectivity index (χ1n) is 4.95. The van der Waals surface area contributed by atoms with Crippen LogP contribution in [0.15, 0.2) is 22.8 Å². The smallest absolute Gasteiger partial charge is 0.262 e. The molecule has 1 aromatic carbocycles. The van der Waals surface area contributed by atoms with E-state index < -0.39 is 23.1 Å². The summed E-state index contributed by atoms with van der Waals surface area (Å²) >= 11 is 2.94. The Hall–Kier alpha value is -1.76. The van der Waals surface area contributed by atoms with Gasteiger partial charge in [-0.2, -0.15) is 5.10 Å². The summed E-state index contributed by atoms with van der Waals surface area (Å²) in [5.41, 5.74) is 0.0356. The van der Waals surface area contributed by atoms with Crippen LogP contribution in [-0.4, -0.2) is 16.1 Å². The molecule has 0 atom stereocenters. The van der Waals surface area contributed by atoms with Crippen molar-refractivity contribution >= 4 is 27.7 Å². The van der Waals surface area contributed by atoms with Crippen molar-refractivity contribution < 1.29 is 13.6 Å². The zero-order valence-electron chi connectivity index (χ0n) is 9.22. The number of anilines is 1. The van der Waals surface area contributed by atoms with E-state index in [4.69, 9.17) is 0 Å². The number of halogens is 3. The zero-order valence-corrected chi connectivity index (χ0v) is 10.8. The predicted molar refractivity (Wildman–Crippen MR) is 65.3 cm³/mol. The van der Waals surface area contributed by atoms with Gasteiger partial charge >= 0.3 is 0 Å². The molecule has 0 fully saturated rings. The van der Waals surface area contributed by atoms with Gasteiger partial charge in [0.1, 0.15) is 23.0 Å². The van der Waals surface area contributed by atoms with E-state index in [1.54, 1.807) is 6.92 Å². The number of H-pyrrole nitrogens is 1. The fourth-order valence-electron chi connectivity index (χ4n) is 1.41. The van der Waals surface area contributed by atoms with E-state index >= 15 is 0 Å². The van der Waals surface area contributed by atoms with Crippen molar-refractivity contribution in [2.75, 3.05) is 5.32 Å². The number of amides is 1. The van der Waals surface area contributed by atoms with Crippen LogP contribution in [0.4, 0.5) is 14.6 Å². The molecule has 0 spiro atoms. The minimum atomic E-state index is -0.934. The Kier molecular flexibility index (Phi) is 3.42. The lowest BCUT2D eigenvalue weighted by Gasteiger charge is -2.06. The Morgan fingerprint density at radius 2 is 2.00 bits per heavy atom. The standard InChI is InChI=1S/C11H8BrF2N3O/c1-5-4-15-17-10(5)16-11(18)9-7(13)2-6(12)3-8(9)14/h2-4H,1H3,(H2,15,16,17,18). The number of hydrogen-bond acceptors (Lipinski definition) is 2. The van der Waals surface area contributed by atoms with Crippen molar-refractivity contribution in [2.45, 2.75) is 6.92 Å². The number of nitrogens with zero attached hydrogens (tertiary/aromatic N) is 1. The average Bonchev–Trinajstić information content (AvgIpc) is 2.62. The molecule has 0 saturated carbocycles. The second kappa shape index (κ2) is 4.85.